The van der Waals surface area contributed by atoms with E-state index in [-0.39, 0.29) is 5.91 Å². The van der Waals surface area contributed by atoms with E-state index >= 15 is 0 Å². The van der Waals surface area contributed by atoms with Gasteiger partial charge in [0.15, 0.2) is 0 Å². The Morgan fingerprint density at radius 3 is 1.15 bits per heavy atom. The Labute approximate surface area is 130 Å². The molecule has 0 aromatic rings. The Bertz CT molecular complexity index is 245. The summed E-state index contributed by atoms with van der Waals surface area (Å²) in [5.74, 6) is 0.106. The Morgan fingerprint density at radius 1 is 0.750 bits per heavy atom. The van der Waals surface area contributed by atoms with E-state index in [1.807, 2.05) is 0 Å². The number of hydrogen-bond donors (Lipinski definition) is 1. The number of nitrogens with zero attached hydrogens (tertiary/aromatic N) is 3. The number of nitrogens with one attached hydrogen (secondary N) is 1. The first-order valence-electron chi connectivity index (χ1n) is 7.92. The van der Waals surface area contributed by atoms with Gasteiger partial charge in [-0.3, -0.25) is 0 Å². The molecule has 0 rings (SSSR count). The molecule has 0 saturated heterocycles. The topological polar surface area (TPSA) is 38.8 Å². The standard InChI is InChI=1S/3C4H10N.C2H5NO.Ta/c3*1-3-5-4-2;1-2(3)4;/h3*3-4H2,1-2H3;1H3,(H2,3,4);/q3*-1;;+4/p-1. The summed E-state index contributed by atoms with van der Waals surface area (Å²) in [7, 11) is 0. The van der Waals surface area contributed by atoms with Crippen molar-refractivity contribution in [1.82, 2.24) is 13.6 Å². The first-order valence-corrected chi connectivity index (χ1v) is 13.8. The zero-order chi connectivity index (χ0) is 15.8. The molecule has 121 valence electrons. The molecule has 5 nitrogen and oxygen atoms in total. The summed E-state index contributed by atoms with van der Waals surface area (Å²) in [6.07, 6.45) is 0. The fourth-order valence-corrected chi connectivity index (χ4v) is 18.2. The Balaban J connectivity index is 5.90. The van der Waals surface area contributed by atoms with Gasteiger partial charge in [-0.2, -0.15) is 0 Å². The van der Waals surface area contributed by atoms with E-state index in [2.05, 4.69) is 55.2 Å². The number of amides is 1. The normalized spacial score (nSPS) is 12.5. The van der Waals surface area contributed by atoms with Gasteiger partial charge in [0.05, 0.1) is 0 Å². The van der Waals surface area contributed by atoms with Gasteiger partial charge < -0.3 is 0 Å². The van der Waals surface area contributed by atoms with Crippen molar-refractivity contribution >= 4 is 5.91 Å². The van der Waals surface area contributed by atoms with Crippen molar-refractivity contribution in [2.45, 2.75) is 48.5 Å². The molecule has 0 radical (unpaired) electrons. The molecule has 0 aromatic heterocycles. The minimum absolute atomic E-state index is 0.106. The van der Waals surface area contributed by atoms with Crippen LogP contribution in [-0.4, -0.2) is 55.1 Å². The van der Waals surface area contributed by atoms with Crippen molar-refractivity contribution in [1.29, 1.82) is 0 Å². The summed E-state index contributed by atoms with van der Waals surface area (Å²) in [5, 5.41) is 0. The summed E-state index contributed by atoms with van der Waals surface area (Å²) in [5.41, 5.74) is 0. The van der Waals surface area contributed by atoms with Gasteiger partial charge in [0.2, 0.25) is 0 Å². The molecule has 0 fully saturated rings. The van der Waals surface area contributed by atoms with E-state index in [1.54, 1.807) is 6.92 Å². The van der Waals surface area contributed by atoms with Crippen LogP contribution in [0.1, 0.15) is 48.5 Å². The summed E-state index contributed by atoms with van der Waals surface area (Å²) in [6.45, 7) is 20.8. The molecule has 0 bridgehead atoms. The van der Waals surface area contributed by atoms with Gasteiger partial charge in [-0.25, -0.2) is 0 Å². The predicted octanol–water partition coefficient (Wildman–Crippen LogP) is 1.96. The zero-order valence-corrected chi connectivity index (χ0v) is 17.7. The van der Waals surface area contributed by atoms with Gasteiger partial charge in [-0.1, -0.05) is 0 Å². The van der Waals surface area contributed by atoms with Gasteiger partial charge in [0.25, 0.3) is 0 Å². The number of hydrogen-bond acceptors (Lipinski definition) is 4. The van der Waals surface area contributed by atoms with Crippen molar-refractivity contribution in [2.24, 2.45) is 0 Å². The molecular formula is C14H34N4OTa. The maximum atomic E-state index is 11.9. The first-order chi connectivity index (χ1) is 9.47. The van der Waals surface area contributed by atoms with Gasteiger partial charge in [0.1, 0.15) is 0 Å². The van der Waals surface area contributed by atoms with Crippen LogP contribution in [0, 0.1) is 0 Å². The van der Waals surface area contributed by atoms with E-state index in [0.717, 1.165) is 39.3 Å². The van der Waals surface area contributed by atoms with Crippen LogP contribution < -0.4 is 3.72 Å². The fraction of sp³-hybridized carbons (Fsp3) is 0.929. The van der Waals surface area contributed by atoms with Crippen LogP contribution in [0.2, 0.25) is 0 Å². The molecule has 20 heavy (non-hydrogen) atoms. The SMILES string of the molecule is CC[N](CC)[Ta]([NH]C(C)=O)([N](CC)CC)[N](CC)CC. The average Bonchev–Trinajstić information content (AvgIpc) is 2.41. The Hall–Kier alpha value is 0.0903. The molecule has 0 atom stereocenters. The van der Waals surface area contributed by atoms with Crippen molar-refractivity contribution in [3.63, 3.8) is 0 Å². The monoisotopic (exact) mass is 455 g/mol. The van der Waals surface area contributed by atoms with E-state index in [0.29, 0.717) is 0 Å². The van der Waals surface area contributed by atoms with Crippen molar-refractivity contribution < 1.29 is 23.0 Å². The van der Waals surface area contributed by atoms with Crippen molar-refractivity contribution in [2.75, 3.05) is 39.3 Å². The minimum atomic E-state index is -3.35. The Morgan fingerprint density at radius 2 is 1.00 bits per heavy atom. The summed E-state index contributed by atoms with van der Waals surface area (Å²) in [4.78, 5) is 11.9. The first kappa shape index (κ1) is 20.1. The molecule has 0 aliphatic rings. The molecule has 6 heteroatoms. The van der Waals surface area contributed by atoms with Crippen LogP contribution in [0.25, 0.3) is 0 Å². The molecule has 0 saturated carbocycles. The second kappa shape index (κ2) is 9.92. The van der Waals surface area contributed by atoms with E-state index in [1.165, 1.54) is 0 Å². The van der Waals surface area contributed by atoms with Gasteiger partial charge >= 0.3 is 130 Å². The number of rotatable bonds is 10. The quantitative estimate of drug-likeness (QED) is 0.547. The second-order valence-corrected chi connectivity index (χ2v) is 15.6. The average molecular weight is 455 g/mol. The van der Waals surface area contributed by atoms with E-state index in [9.17, 15) is 4.79 Å². The Kier molecular flexibility index (Phi) is 9.97. The number of carbonyl (C=O) groups excluding carboxylic acids is 1. The van der Waals surface area contributed by atoms with Crippen LogP contribution >= 0.6 is 0 Å². The van der Waals surface area contributed by atoms with Gasteiger partial charge in [-0.15, -0.1) is 0 Å². The maximum absolute atomic E-state index is 11.9. The van der Waals surface area contributed by atoms with Crippen LogP contribution in [0.3, 0.4) is 0 Å². The molecule has 0 aromatic carbocycles. The van der Waals surface area contributed by atoms with Gasteiger partial charge in [0, 0.05) is 0 Å². The van der Waals surface area contributed by atoms with Crippen molar-refractivity contribution in [3.8, 4) is 0 Å². The summed E-state index contributed by atoms with van der Waals surface area (Å²) < 4.78 is 11.1. The predicted molar refractivity (Wildman–Crippen MR) is 82.6 cm³/mol. The molecule has 1 N–H and O–H groups in total. The molecular weight excluding hydrogens is 421 g/mol. The summed E-state index contributed by atoms with van der Waals surface area (Å²) >= 11 is -3.35. The fourth-order valence-electron chi connectivity index (χ4n) is 2.81. The molecule has 1 amide bonds. The van der Waals surface area contributed by atoms with E-state index < -0.39 is 18.2 Å². The van der Waals surface area contributed by atoms with Crippen LogP contribution in [0.4, 0.5) is 0 Å². The van der Waals surface area contributed by atoms with Crippen LogP contribution in [0.15, 0.2) is 0 Å². The number of carbonyl (C=O) groups is 1. The van der Waals surface area contributed by atoms with Crippen molar-refractivity contribution in [3.05, 3.63) is 0 Å². The van der Waals surface area contributed by atoms with E-state index in [4.69, 9.17) is 0 Å². The summed E-state index contributed by atoms with van der Waals surface area (Å²) in [6, 6.07) is 0. The third-order valence-corrected chi connectivity index (χ3v) is 20.5. The third-order valence-electron chi connectivity index (χ3n) is 3.68. The second-order valence-electron chi connectivity index (χ2n) is 4.65. The third kappa shape index (κ3) is 4.29. The molecule has 0 unspecified atom stereocenters. The molecule has 0 aliphatic heterocycles. The molecule has 0 aliphatic carbocycles. The van der Waals surface area contributed by atoms with Crippen LogP contribution in [0.5, 0.6) is 0 Å². The van der Waals surface area contributed by atoms with Crippen LogP contribution in [-0.2, 0) is 23.0 Å². The molecule has 0 heterocycles. The molecule has 0 spiro atoms. The zero-order valence-electron chi connectivity index (χ0n) is 14.4. The van der Waals surface area contributed by atoms with Gasteiger partial charge in [-0.05, 0) is 0 Å².